The Morgan fingerprint density at radius 3 is 2.48 bits per heavy atom. The van der Waals surface area contributed by atoms with Crippen LogP contribution in [0.15, 0.2) is 36.4 Å². The number of rotatable bonds is 4. The largest absolute Gasteiger partial charge is 0.345 e. The molecule has 2 aromatic rings. The Morgan fingerprint density at radius 2 is 1.87 bits per heavy atom. The first-order valence-corrected chi connectivity index (χ1v) is 7.49. The number of carbonyl (C=O) groups excluding carboxylic acids is 1. The molecule has 23 heavy (non-hydrogen) atoms. The molecule has 5 nitrogen and oxygen atoms in total. The van der Waals surface area contributed by atoms with Gasteiger partial charge in [0.1, 0.15) is 5.56 Å². The van der Waals surface area contributed by atoms with E-state index < -0.39 is 10.8 Å². The molecule has 120 valence electrons. The normalized spacial score (nSPS) is 11.8. The van der Waals surface area contributed by atoms with Gasteiger partial charge in [-0.2, -0.15) is 0 Å². The number of nitro groups is 1. The van der Waals surface area contributed by atoms with Gasteiger partial charge in [0.05, 0.1) is 11.0 Å². The van der Waals surface area contributed by atoms with Crippen molar-refractivity contribution in [2.75, 3.05) is 0 Å². The van der Waals surface area contributed by atoms with Crippen molar-refractivity contribution in [3.63, 3.8) is 0 Å². The minimum absolute atomic E-state index is 0.0433. The molecule has 1 amide bonds. The van der Waals surface area contributed by atoms with Gasteiger partial charge in [-0.3, -0.25) is 14.9 Å². The monoisotopic (exact) mass is 332 g/mol. The average Bonchev–Trinajstić information content (AvgIpc) is 2.49. The van der Waals surface area contributed by atoms with Crippen LogP contribution in [0.3, 0.4) is 0 Å². The number of amides is 1. The van der Waals surface area contributed by atoms with E-state index in [1.165, 1.54) is 18.2 Å². The van der Waals surface area contributed by atoms with E-state index in [0.29, 0.717) is 0 Å². The summed E-state index contributed by atoms with van der Waals surface area (Å²) in [6.07, 6.45) is 0. The number of hydrogen-bond acceptors (Lipinski definition) is 3. The molecule has 0 unspecified atom stereocenters. The number of nitrogens with one attached hydrogen (secondary N) is 1. The molecule has 0 aliphatic rings. The van der Waals surface area contributed by atoms with Crippen molar-refractivity contribution in [3.05, 3.63) is 73.8 Å². The Labute approximate surface area is 139 Å². The lowest BCUT2D eigenvalue weighted by molar-refractivity contribution is -0.385. The topological polar surface area (TPSA) is 72.2 Å². The smallest absolute Gasteiger partial charge is 0.282 e. The molecule has 0 heterocycles. The maximum Gasteiger partial charge on any atom is 0.282 e. The molecule has 0 saturated heterocycles. The molecule has 0 aromatic heterocycles. The summed E-state index contributed by atoms with van der Waals surface area (Å²) < 4.78 is 0. The summed E-state index contributed by atoms with van der Waals surface area (Å²) in [5, 5.41) is 14.1. The van der Waals surface area contributed by atoms with Gasteiger partial charge in [0.15, 0.2) is 0 Å². The first-order chi connectivity index (χ1) is 10.8. The molecule has 6 heteroatoms. The van der Waals surface area contributed by atoms with E-state index in [9.17, 15) is 14.9 Å². The standard InChI is InChI=1S/C17H17ClN2O3/c1-10-4-5-13(8-11(10)2)12(3)19-17(21)15-9-14(18)6-7-16(15)20(22)23/h4-9,12H,1-3H3,(H,19,21)/t12-/m1/s1. The molecule has 0 radical (unpaired) electrons. The molecule has 0 fully saturated rings. The number of halogens is 1. The van der Waals surface area contributed by atoms with Gasteiger partial charge in [0, 0.05) is 11.1 Å². The summed E-state index contributed by atoms with van der Waals surface area (Å²) in [5.74, 6) is -0.523. The minimum Gasteiger partial charge on any atom is -0.345 e. The Bertz CT molecular complexity index is 774. The van der Waals surface area contributed by atoms with Gasteiger partial charge in [-0.05, 0) is 49.6 Å². The van der Waals surface area contributed by atoms with Gasteiger partial charge in [-0.1, -0.05) is 29.8 Å². The lowest BCUT2D eigenvalue weighted by Gasteiger charge is -2.16. The maximum absolute atomic E-state index is 12.4. The fourth-order valence-electron chi connectivity index (χ4n) is 2.24. The molecule has 0 saturated carbocycles. The number of carbonyl (C=O) groups is 1. The highest BCUT2D eigenvalue weighted by Gasteiger charge is 2.22. The SMILES string of the molecule is Cc1ccc([C@@H](C)NC(=O)c2cc(Cl)ccc2[N+](=O)[O-])cc1C. The van der Waals surface area contributed by atoms with Gasteiger partial charge >= 0.3 is 0 Å². The van der Waals surface area contributed by atoms with Crippen molar-refractivity contribution in [3.8, 4) is 0 Å². The second-order valence-electron chi connectivity index (χ2n) is 5.46. The predicted octanol–water partition coefficient (Wildman–Crippen LogP) is 4.36. The number of nitrogens with zero attached hydrogens (tertiary/aromatic N) is 1. The molecule has 0 aliphatic heterocycles. The Balaban J connectivity index is 2.26. The van der Waals surface area contributed by atoms with Gasteiger partial charge in [0.2, 0.25) is 0 Å². The summed E-state index contributed by atoms with van der Waals surface area (Å²) in [7, 11) is 0. The van der Waals surface area contributed by atoms with Crippen molar-refractivity contribution >= 4 is 23.2 Å². The van der Waals surface area contributed by atoms with Crippen molar-refractivity contribution in [2.45, 2.75) is 26.8 Å². The van der Waals surface area contributed by atoms with E-state index in [-0.39, 0.29) is 22.3 Å². The fourth-order valence-corrected chi connectivity index (χ4v) is 2.41. The Morgan fingerprint density at radius 1 is 1.17 bits per heavy atom. The van der Waals surface area contributed by atoms with E-state index in [1.807, 2.05) is 39.0 Å². The third-order valence-corrected chi connectivity index (χ3v) is 4.01. The summed E-state index contributed by atoms with van der Waals surface area (Å²) in [6.45, 7) is 5.84. The highest BCUT2D eigenvalue weighted by Crippen LogP contribution is 2.24. The maximum atomic E-state index is 12.4. The summed E-state index contributed by atoms with van der Waals surface area (Å²) in [5.41, 5.74) is 2.92. The van der Waals surface area contributed by atoms with Gasteiger partial charge in [0.25, 0.3) is 11.6 Å². The zero-order valence-corrected chi connectivity index (χ0v) is 13.8. The second kappa shape index (κ2) is 6.79. The number of hydrogen-bond donors (Lipinski definition) is 1. The van der Waals surface area contributed by atoms with Crippen LogP contribution in [0.2, 0.25) is 5.02 Å². The van der Waals surface area contributed by atoms with Crippen LogP contribution in [-0.2, 0) is 0 Å². The molecule has 1 N–H and O–H groups in total. The zero-order chi connectivity index (χ0) is 17.1. The summed E-state index contributed by atoms with van der Waals surface area (Å²) >= 11 is 5.85. The molecule has 2 aromatic carbocycles. The Kier molecular flexibility index (Phi) is 5.01. The molecule has 1 atom stereocenters. The van der Waals surface area contributed by atoms with Crippen LogP contribution in [0.4, 0.5) is 5.69 Å². The van der Waals surface area contributed by atoms with Gasteiger partial charge in [-0.25, -0.2) is 0 Å². The minimum atomic E-state index is -0.591. The summed E-state index contributed by atoms with van der Waals surface area (Å²) in [4.78, 5) is 22.9. The quantitative estimate of drug-likeness (QED) is 0.668. The van der Waals surface area contributed by atoms with E-state index >= 15 is 0 Å². The molecule has 0 spiro atoms. The van der Waals surface area contributed by atoms with Crippen LogP contribution in [0.25, 0.3) is 0 Å². The number of aryl methyl sites for hydroxylation is 2. The van der Waals surface area contributed by atoms with Gasteiger partial charge < -0.3 is 5.32 Å². The van der Waals surface area contributed by atoms with Crippen LogP contribution < -0.4 is 5.32 Å². The van der Waals surface area contributed by atoms with Crippen LogP contribution in [0.5, 0.6) is 0 Å². The highest BCUT2D eigenvalue weighted by atomic mass is 35.5. The lowest BCUT2D eigenvalue weighted by Crippen LogP contribution is -2.27. The fraction of sp³-hybridized carbons (Fsp3) is 0.235. The molecular formula is C17H17ClN2O3. The molecule has 0 aliphatic carbocycles. The highest BCUT2D eigenvalue weighted by molar-refractivity contribution is 6.31. The molecule has 2 rings (SSSR count). The first kappa shape index (κ1) is 17.0. The van der Waals surface area contributed by atoms with E-state index in [0.717, 1.165) is 16.7 Å². The number of benzene rings is 2. The molecule has 0 bridgehead atoms. The van der Waals surface area contributed by atoms with E-state index in [4.69, 9.17) is 11.6 Å². The molecular weight excluding hydrogens is 316 g/mol. The lowest BCUT2D eigenvalue weighted by atomic mass is 10.0. The van der Waals surface area contributed by atoms with E-state index in [2.05, 4.69) is 5.32 Å². The third-order valence-electron chi connectivity index (χ3n) is 3.78. The van der Waals surface area contributed by atoms with E-state index in [1.54, 1.807) is 0 Å². The predicted molar refractivity (Wildman–Crippen MR) is 89.9 cm³/mol. The summed E-state index contributed by atoms with van der Waals surface area (Å²) in [6, 6.07) is 9.56. The number of nitro benzene ring substituents is 1. The van der Waals surface area contributed by atoms with Gasteiger partial charge in [-0.15, -0.1) is 0 Å². The zero-order valence-electron chi connectivity index (χ0n) is 13.1. The van der Waals surface area contributed by atoms with Crippen LogP contribution in [-0.4, -0.2) is 10.8 Å². The van der Waals surface area contributed by atoms with Crippen molar-refractivity contribution in [2.24, 2.45) is 0 Å². The van der Waals surface area contributed by atoms with Crippen LogP contribution >= 0.6 is 11.6 Å². The Hall–Kier alpha value is -2.40. The van der Waals surface area contributed by atoms with Crippen molar-refractivity contribution < 1.29 is 9.72 Å². The second-order valence-corrected chi connectivity index (χ2v) is 5.89. The first-order valence-electron chi connectivity index (χ1n) is 7.11. The van der Waals surface area contributed by atoms with Crippen LogP contribution in [0, 0.1) is 24.0 Å². The van der Waals surface area contributed by atoms with Crippen molar-refractivity contribution in [1.29, 1.82) is 0 Å². The van der Waals surface area contributed by atoms with Crippen LogP contribution in [0.1, 0.15) is 40.0 Å². The third kappa shape index (κ3) is 3.87. The average molecular weight is 333 g/mol. The van der Waals surface area contributed by atoms with Crippen molar-refractivity contribution in [1.82, 2.24) is 5.32 Å².